The molecule has 5 rings (SSSR count). The summed E-state index contributed by atoms with van der Waals surface area (Å²) in [5, 5.41) is 2.99. The number of hydrogen-bond acceptors (Lipinski definition) is 3. The lowest BCUT2D eigenvalue weighted by atomic mass is 9.38. The highest BCUT2D eigenvalue weighted by Gasteiger charge is 2.70. The van der Waals surface area contributed by atoms with Crippen molar-refractivity contribution in [2.45, 2.75) is 56.6 Å². The second-order valence-corrected chi connectivity index (χ2v) is 9.00. The molecule has 3 fully saturated rings. The van der Waals surface area contributed by atoms with Gasteiger partial charge in [-0.05, 0) is 62.0 Å². The SMILES string of the molecule is CC(C)(C)OC(=O)NC12CC(c3cn4cc(Br)cc(F)c4n3)(C1)C2. The van der Waals surface area contributed by atoms with Crippen molar-refractivity contribution in [3.63, 3.8) is 0 Å². The van der Waals surface area contributed by atoms with Gasteiger partial charge in [0, 0.05) is 27.8 Å². The van der Waals surface area contributed by atoms with Gasteiger partial charge in [0.15, 0.2) is 11.5 Å². The van der Waals surface area contributed by atoms with Crippen LogP contribution in [0.15, 0.2) is 22.9 Å². The number of ether oxygens (including phenoxy) is 1. The monoisotopic (exact) mass is 395 g/mol. The fourth-order valence-corrected chi connectivity index (χ4v) is 4.41. The highest BCUT2D eigenvalue weighted by Crippen LogP contribution is 2.67. The number of amides is 1. The third kappa shape index (κ3) is 2.41. The van der Waals surface area contributed by atoms with Gasteiger partial charge < -0.3 is 14.5 Å². The van der Waals surface area contributed by atoms with Crippen molar-refractivity contribution < 1.29 is 13.9 Å². The molecule has 0 unspecified atom stereocenters. The Balaban J connectivity index is 1.48. The Morgan fingerprint density at radius 3 is 2.67 bits per heavy atom. The van der Waals surface area contributed by atoms with Crippen LogP contribution in [0.25, 0.3) is 5.65 Å². The van der Waals surface area contributed by atoms with Crippen LogP contribution in [0.2, 0.25) is 0 Å². The summed E-state index contributed by atoms with van der Waals surface area (Å²) in [6, 6.07) is 1.42. The number of rotatable bonds is 2. The van der Waals surface area contributed by atoms with Crippen molar-refractivity contribution in [3.8, 4) is 0 Å². The number of nitrogens with one attached hydrogen (secondary N) is 1. The van der Waals surface area contributed by atoms with E-state index in [0.29, 0.717) is 10.1 Å². The lowest BCUT2D eigenvalue weighted by Gasteiger charge is -2.69. The van der Waals surface area contributed by atoms with E-state index in [1.54, 1.807) is 10.6 Å². The maximum atomic E-state index is 14.0. The van der Waals surface area contributed by atoms with Crippen LogP contribution in [0.3, 0.4) is 0 Å². The maximum absolute atomic E-state index is 14.0. The predicted octanol–water partition coefficient (Wildman–Crippen LogP) is 3.93. The minimum Gasteiger partial charge on any atom is -0.444 e. The summed E-state index contributed by atoms with van der Waals surface area (Å²) in [6.07, 6.45) is 5.79. The molecule has 2 heterocycles. The summed E-state index contributed by atoms with van der Waals surface area (Å²) in [5.41, 5.74) is 0.508. The van der Waals surface area contributed by atoms with Crippen LogP contribution in [0, 0.1) is 5.82 Å². The molecule has 128 valence electrons. The zero-order chi connectivity index (χ0) is 17.3. The molecule has 5 nitrogen and oxygen atoms in total. The van der Waals surface area contributed by atoms with Crippen LogP contribution in [0.1, 0.15) is 45.7 Å². The van der Waals surface area contributed by atoms with Crippen LogP contribution < -0.4 is 5.32 Å². The summed E-state index contributed by atoms with van der Waals surface area (Å²) in [4.78, 5) is 16.4. The molecular formula is C17H19BrFN3O2. The topological polar surface area (TPSA) is 55.6 Å². The van der Waals surface area contributed by atoms with Crippen LogP contribution >= 0.6 is 15.9 Å². The van der Waals surface area contributed by atoms with E-state index >= 15 is 0 Å². The van der Waals surface area contributed by atoms with Gasteiger partial charge in [0.1, 0.15) is 5.60 Å². The molecule has 7 heteroatoms. The van der Waals surface area contributed by atoms with Gasteiger partial charge in [0.05, 0.1) is 5.69 Å². The number of fused-ring (bicyclic) bond motifs is 1. The number of pyridine rings is 1. The third-order valence-corrected chi connectivity index (χ3v) is 5.25. The van der Waals surface area contributed by atoms with Gasteiger partial charge in [-0.2, -0.15) is 0 Å². The lowest BCUT2D eigenvalue weighted by molar-refractivity contribution is -0.0906. The highest BCUT2D eigenvalue weighted by molar-refractivity contribution is 9.10. The maximum Gasteiger partial charge on any atom is 0.408 e. The van der Waals surface area contributed by atoms with E-state index < -0.39 is 5.60 Å². The van der Waals surface area contributed by atoms with Crippen molar-refractivity contribution >= 4 is 27.7 Å². The van der Waals surface area contributed by atoms with Crippen molar-refractivity contribution in [2.24, 2.45) is 0 Å². The van der Waals surface area contributed by atoms with Crippen LogP contribution in [-0.2, 0) is 10.2 Å². The Morgan fingerprint density at radius 1 is 1.38 bits per heavy atom. The van der Waals surface area contributed by atoms with Gasteiger partial charge in [-0.15, -0.1) is 0 Å². The molecule has 2 aromatic heterocycles. The second-order valence-electron chi connectivity index (χ2n) is 8.08. The van der Waals surface area contributed by atoms with Crippen molar-refractivity contribution in [1.82, 2.24) is 14.7 Å². The van der Waals surface area contributed by atoms with Crippen LogP contribution in [0.5, 0.6) is 0 Å². The molecule has 2 aromatic rings. The minimum atomic E-state index is -0.502. The standard InChI is InChI=1S/C17H19BrFN3O2/c1-15(2,3)24-14(23)21-17-7-16(8-17,9-17)12-6-22-5-10(18)4-11(19)13(22)20-12/h4-6H,7-9H2,1-3H3,(H,21,23). The largest absolute Gasteiger partial charge is 0.444 e. The summed E-state index contributed by atoms with van der Waals surface area (Å²) in [5.74, 6) is -0.344. The van der Waals surface area contributed by atoms with E-state index in [2.05, 4.69) is 26.2 Å². The number of carbonyl (C=O) groups is 1. The third-order valence-electron chi connectivity index (χ3n) is 4.81. The first-order valence-electron chi connectivity index (χ1n) is 7.95. The smallest absolute Gasteiger partial charge is 0.408 e. The van der Waals surface area contributed by atoms with Gasteiger partial charge in [0.2, 0.25) is 0 Å². The van der Waals surface area contributed by atoms with Crippen molar-refractivity contribution in [2.75, 3.05) is 0 Å². The molecule has 0 radical (unpaired) electrons. The van der Waals surface area contributed by atoms with Crippen LogP contribution in [-0.4, -0.2) is 26.6 Å². The van der Waals surface area contributed by atoms with E-state index in [1.165, 1.54) is 6.07 Å². The molecule has 1 amide bonds. The van der Waals surface area contributed by atoms with Gasteiger partial charge >= 0.3 is 6.09 Å². The van der Waals surface area contributed by atoms with Crippen LogP contribution in [0.4, 0.5) is 9.18 Å². The van der Waals surface area contributed by atoms with Crippen molar-refractivity contribution in [3.05, 3.63) is 34.4 Å². The normalized spacial score (nSPS) is 28.2. The Bertz CT molecular complexity index is 836. The zero-order valence-electron chi connectivity index (χ0n) is 13.8. The molecule has 0 saturated heterocycles. The van der Waals surface area contributed by atoms with Gasteiger partial charge in [-0.1, -0.05) is 0 Å². The van der Waals surface area contributed by atoms with E-state index in [0.717, 1.165) is 25.0 Å². The molecule has 0 spiro atoms. The number of halogens is 2. The van der Waals surface area contributed by atoms with E-state index in [-0.39, 0.29) is 22.9 Å². The first kappa shape index (κ1) is 15.9. The van der Waals surface area contributed by atoms with E-state index in [1.807, 2.05) is 27.0 Å². The average molecular weight is 396 g/mol. The number of imidazole rings is 1. The van der Waals surface area contributed by atoms with E-state index in [9.17, 15) is 9.18 Å². The van der Waals surface area contributed by atoms with E-state index in [4.69, 9.17) is 4.74 Å². The lowest BCUT2D eigenvalue weighted by Crippen LogP contribution is -2.77. The summed E-state index contributed by atoms with van der Waals surface area (Å²) < 4.78 is 21.7. The van der Waals surface area contributed by atoms with Gasteiger partial charge in [0.25, 0.3) is 0 Å². The quantitative estimate of drug-likeness (QED) is 0.837. The summed E-state index contributed by atoms with van der Waals surface area (Å²) in [7, 11) is 0. The number of carbonyl (C=O) groups excluding carboxylic acids is 1. The predicted molar refractivity (Wildman–Crippen MR) is 90.5 cm³/mol. The molecule has 3 aliphatic carbocycles. The summed E-state index contributed by atoms with van der Waals surface area (Å²) in [6.45, 7) is 5.54. The van der Waals surface area contributed by atoms with Gasteiger partial charge in [-0.3, -0.25) is 0 Å². The van der Waals surface area contributed by atoms with Gasteiger partial charge in [-0.25, -0.2) is 14.2 Å². The summed E-state index contributed by atoms with van der Waals surface area (Å²) >= 11 is 3.29. The van der Waals surface area contributed by atoms with Crippen molar-refractivity contribution in [1.29, 1.82) is 0 Å². The Labute approximate surface area is 147 Å². The number of nitrogens with zero attached hydrogens (tertiary/aromatic N) is 2. The highest BCUT2D eigenvalue weighted by atomic mass is 79.9. The average Bonchev–Trinajstić information content (AvgIpc) is 2.73. The fraction of sp³-hybridized carbons (Fsp3) is 0.529. The molecule has 2 bridgehead atoms. The first-order chi connectivity index (χ1) is 11.1. The zero-order valence-corrected chi connectivity index (χ0v) is 15.4. The number of aromatic nitrogens is 2. The molecule has 3 aliphatic rings. The molecule has 3 saturated carbocycles. The fourth-order valence-electron chi connectivity index (χ4n) is 3.99. The molecule has 24 heavy (non-hydrogen) atoms. The second kappa shape index (κ2) is 4.71. The Hall–Kier alpha value is -1.63. The Morgan fingerprint density at radius 2 is 2.04 bits per heavy atom. The number of alkyl carbamates (subject to hydrolysis) is 1. The first-order valence-corrected chi connectivity index (χ1v) is 8.75. The molecule has 0 atom stereocenters. The molecule has 0 aliphatic heterocycles. The number of hydrogen-bond donors (Lipinski definition) is 1. The Kier molecular flexibility index (Phi) is 3.12. The molecule has 1 N–H and O–H groups in total. The molecular weight excluding hydrogens is 377 g/mol. The molecule has 0 aromatic carbocycles. The minimum absolute atomic E-state index is 0.0417.